The van der Waals surface area contributed by atoms with Crippen LogP contribution in [0.2, 0.25) is 0 Å². The molecule has 1 aromatic carbocycles. The Morgan fingerprint density at radius 2 is 2.05 bits per heavy atom. The van der Waals surface area contributed by atoms with Crippen LogP contribution in [0.4, 0.5) is 0 Å². The topological polar surface area (TPSA) is 27.8 Å². The highest BCUT2D eigenvalue weighted by Crippen LogP contribution is 2.44. The van der Waals surface area contributed by atoms with Crippen LogP contribution >= 0.6 is 0 Å². The highest BCUT2D eigenvalue weighted by molar-refractivity contribution is 5.86. The standard InChI is InChI=1S/C17H16N2/c1-17-9-5-4-8-16(17)18-11-13(17)15-10-12-6-2-3-7-14(12)19-15/h2-11,16,18-19H,1H3. The minimum atomic E-state index is 0.0373. The van der Waals surface area contributed by atoms with Crippen molar-refractivity contribution >= 4 is 16.5 Å². The van der Waals surface area contributed by atoms with Crippen molar-refractivity contribution in [1.29, 1.82) is 0 Å². The molecule has 19 heavy (non-hydrogen) atoms. The smallest absolute Gasteiger partial charge is 0.0572 e. The summed E-state index contributed by atoms with van der Waals surface area (Å²) in [6, 6.07) is 11.0. The van der Waals surface area contributed by atoms with E-state index in [1.54, 1.807) is 0 Å². The molecule has 0 saturated heterocycles. The van der Waals surface area contributed by atoms with Gasteiger partial charge in [0.25, 0.3) is 0 Å². The van der Waals surface area contributed by atoms with Crippen LogP contribution < -0.4 is 5.32 Å². The van der Waals surface area contributed by atoms with Crippen LogP contribution in [0.5, 0.6) is 0 Å². The summed E-state index contributed by atoms with van der Waals surface area (Å²) in [4.78, 5) is 3.53. The molecule has 0 saturated carbocycles. The summed E-state index contributed by atoms with van der Waals surface area (Å²) in [5, 5.41) is 4.74. The fourth-order valence-electron chi connectivity index (χ4n) is 3.14. The molecule has 1 aliphatic carbocycles. The van der Waals surface area contributed by atoms with Gasteiger partial charge in [0.05, 0.1) is 6.04 Å². The largest absolute Gasteiger partial charge is 0.383 e. The first-order valence-corrected chi connectivity index (χ1v) is 6.68. The Hall–Kier alpha value is -2.22. The first-order valence-electron chi connectivity index (χ1n) is 6.68. The van der Waals surface area contributed by atoms with Crippen molar-refractivity contribution in [2.45, 2.75) is 13.0 Å². The van der Waals surface area contributed by atoms with Gasteiger partial charge in [-0.25, -0.2) is 0 Å². The lowest BCUT2D eigenvalue weighted by atomic mass is 9.75. The third kappa shape index (κ3) is 1.43. The Labute approximate surface area is 112 Å². The van der Waals surface area contributed by atoms with E-state index in [0.29, 0.717) is 6.04 Å². The molecule has 2 aromatic rings. The van der Waals surface area contributed by atoms with Crippen molar-refractivity contribution < 1.29 is 0 Å². The van der Waals surface area contributed by atoms with Crippen molar-refractivity contribution in [2.75, 3.05) is 0 Å². The molecule has 2 atom stereocenters. The molecule has 2 aliphatic rings. The van der Waals surface area contributed by atoms with E-state index in [-0.39, 0.29) is 5.41 Å². The Kier molecular flexibility index (Phi) is 2.05. The van der Waals surface area contributed by atoms with Gasteiger partial charge in [0, 0.05) is 28.4 Å². The first-order chi connectivity index (χ1) is 9.27. The van der Waals surface area contributed by atoms with E-state index >= 15 is 0 Å². The average Bonchev–Trinajstić information content (AvgIpc) is 2.97. The first kappa shape index (κ1) is 10.7. The maximum atomic E-state index is 3.53. The number of para-hydroxylation sites is 1. The predicted octanol–water partition coefficient (Wildman–Crippen LogP) is 3.61. The number of nitrogens with one attached hydrogen (secondary N) is 2. The molecule has 0 spiro atoms. The Morgan fingerprint density at radius 1 is 1.16 bits per heavy atom. The number of rotatable bonds is 1. The molecule has 0 bridgehead atoms. The molecule has 2 unspecified atom stereocenters. The maximum Gasteiger partial charge on any atom is 0.0572 e. The van der Waals surface area contributed by atoms with Crippen LogP contribution in [-0.4, -0.2) is 11.0 Å². The molecule has 0 amide bonds. The molecule has 4 rings (SSSR count). The molecule has 0 fully saturated rings. The second-order valence-electron chi connectivity index (χ2n) is 5.50. The quantitative estimate of drug-likeness (QED) is 0.792. The molecular formula is C17H16N2. The fourth-order valence-corrected chi connectivity index (χ4v) is 3.14. The summed E-state index contributed by atoms with van der Waals surface area (Å²) < 4.78 is 0. The van der Waals surface area contributed by atoms with E-state index in [4.69, 9.17) is 0 Å². The van der Waals surface area contributed by atoms with Crippen molar-refractivity contribution in [1.82, 2.24) is 10.3 Å². The number of benzene rings is 1. The van der Waals surface area contributed by atoms with Gasteiger partial charge in [0.15, 0.2) is 0 Å². The molecule has 2 nitrogen and oxygen atoms in total. The summed E-state index contributed by atoms with van der Waals surface area (Å²) in [7, 11) is 0. The third-order valence-corrected chi connectivity index (χ3v) is 4.31. The summed E-state index contributed by atoms with van der Waals surface area (Å²) in [5.41, 5.74) is 3.77. The minimum Gasteiger partial charge on any atom is -0.383 e. The molecule has 94 valence electrons. The van der Waals surface area contributed by atoms with Gasteiger partial charge in [-0.05, 0) is 24.4 Å². The van der Waals surface area contributed by atoms with Gasteiger partial charge in [0.2, 0.25) is 0 Å². The summed E-state index contributed by atoms with van der Waals surface area (Å²) in [6.07, 6.45) is 10.9. The molecule has 1 aromatic heterocycles. The predicted molar refractivity (Wildman–Crippen MR) is 79.6 cm³/mol. The van der Waals surface area contributed by atoms with E-state index < -0.39 is 0 Å². The number of hydrogen-bond donors (Lipinski definition) is 2. The van der Waals surface area contributed by atoms with Gasteiger partial charge in [-0.3, -0.25) is 0 Å². The molecular weight excluding hydrogens is 232 g/mol. The fraction of sp³-hybridized carbons (Fsp3) is 0.176. The van der Waals surface area contributed by atoms with Gasteiger partial charge in [0.1, 0.15) is 0 Å². The monoisotopic (exact) mass is 248 g/mol. The van der Waals surface area contributed by atoms with Gasteiger partial charge in [-0.15, -0.1) is 0 Å². The van der Waals surface area contributed by atoms with Crippen molar-refractivity contribution in [3.05, 3.63) is 66.5 Å². The van der Waals surface area contributed by atoms with Crippen LogP contribution in [0, 0.1) is 5.41 Å². The van der Waals surface area contributed by atoms with E-state index in [1.807, 2.05) is 0 Å². The number of hydrogen-bond acceptors (Lipinski definition) is 1. The number of H-pyrrole nitrogens is 1. The zero-order valence-electron chi connectivity index (χ0n) is 10.9. The third-order valence-electron chi connectivity index (χ3n) is 4.31. The zero-order valence-corrected chi connectivity index (χ0v) is 10.9. The highest BCUT2D eigenvalue weighted by Gasteiger charge is 2.40. The Bertz CT molecular complexity index is 700. The molecule has 2 heterocycles. The Balaban J connectivity index is 1.84. The number of aromatic nitrogens is 1. The van der Waals surface area contributed by atoms with E-state index in [2.05, 4.69) is 78.1 Å². The van der Waals surface area contributed by atoms with Crippen LogP contribution in [0.25, 0.3) is 16.5 Å². The van der Waals surface area contributed by atoms with Gasteiger partial charge in [-0.1, -0.05) is 42.5 Å². The SMILES string of the molecule is CC12C=CC=CC1NC=C2c1cc2ccccc2[nH]1. The highest BCUT2D eigenvalue weighted by atomic mass is 15.0. The van der Waals surface area contributed by atoms with Gasteiger partial charge < -0.3 is 10.3 Å². The lowest BCUT2D eigenvalue weighted by Crippen LogP contribution is -2.34. The number of fused-ring (bicyclic) bond motifs is 2. The second kappa shape index (κ2) is 3.64. The summed E-state index contributed by atoms with van der Waals surface area (Å²) >= 11 is 0. The summed E-state index contributed by atoms with van der Waals surface area (Å²) in [5.74, 6) is 0. The van der Waals surface area contributed by atoms with Crippen LogP contribution in [0.3, 0.4) is 0 Å². The molecule has 0 radical (unpaired) electrons. The van der Waals surface area contributed by atoms with Crippen LogP contribution in [-0.2, 0) is 0 Å². The zero-order chi connectivity index (χ0) is 12.9. The van der Waals surface area contributed by atoms with E-state index in [1.165, 1.54) is 22.2 Å². The van der Waals surface area contributed by atoms with Crippen molar-refractivity contribution in [3.8, 4) is 0 Å². The van der Waals surface area contributed by atoms with E-state index in [0.717, 1.165) is 0 Å². The second-order valence-corrected chi connectivity index (χ2v) is 5.50. The van der Waals surface area contributed by atoms with Gasteiger partial charge >= 0.3 is 0 Å². The van der Waals surface area contributed by atoms with Crippen LogP contribution in [0.1, 0.15) is 12.6 Å². The lowest BCUT2D eigenvalue weighted by molar-refractivity contribution is 0.484. The molecule has 1 aliphatic heterocycles. The number of allylic oxidation sites excluding steroid dienone is 2. The van der Waals surface area contributed by atoms with Crippen molar-refractivity contribution in [2.24, 2.45) is 5.41 Å². The Morgan fingerprint density at radius 3 is 2.95 bits per heavy atom. The summed E-state index contributed by atoms with van der Waals surface area (Å²) in [6.45, 7) is 2.29. The number of aromatic amines is 1. The van der Waals surface area contributed by atoms with Gasteiger partial charge in [-0.2, -0.15) is 0 Å². The maximum absolute atomic E-state index is 3.53. The molecule has 2 heteroatoms. The minimum absolute atomic E-state index is 0.0373. The normalized spacial score (nSPS) is 28.3. The molecule has 2 N–H and O–H groups in total. The van der Waals surface area contributed by atoms with Crippen molar-refractivity contribution in [3.63, 3.8) is 0 Å². The van der Waals surface area contributed by atoms with Crippen LogP contribution in [0.15, 0.2) is 60.8 Å². The lowest BCUT2D eigenvalue weighted by Gasteiger charge is -2.31. The average molecular weight is 248 g/mol. The van der Waals surface area contributed by atoms with E-state index in [9.17, 15) is 0 Å².